The Morgan fingerprint density at radius 1 is 1.21 bits per heavy atom. The third-order valence-electron chi connectivity index (χ3n) is 2.61. The molecule has 0 aliphatic heterocycles. The Bertz CT molecular complexity index is 590. The summed E-state index contributed by atoms with van der Waals surface area (Å²) in [5, 5.41) is 3.13. The first kappa shape index (κ1) is 13.0. The van der Waals surface area contributed by atoms with Crippen LogP contribution in [0.25, 0.3) is 0 Å². The molecule has 0 radical (unpaired) electrons. The molecule has 2 rings (SSSR count). The molecule has 1 aromatic carbocycles. The molecule has 2 aromatic rings. The number of nitrogens with two attached hydrogens (primary N) is 1. The van der Waals surface area contributed by atoms with Gasteiger partial charge < -0.3 is 11.1 Å². The lowest BCUT2D eigenvalue weighted by molar-refractivity contribution is -0.117. The van der Waals surface area contributed by atoms with E-state index in [0.717, 1.165) is 22.6 Å². The van der Waals surface area contributed by atoms with Gasteiger partial charge in [-0.2, -0.15) is 0 Å². The molecule has 0 aliphatic carbocycles. The molecule has 3 N–H and O–H groups in total. The van der Waals surface area contributed by atoms with Crippen LogP contribution in [0.15, 0.2) is 30.3 Å². The van der Waals surface area contributed by atoms with Crippen LogP contribution in [0, 0.1) is 13.8 Å². The summed E-state index contributed by atoms with van der Waals surface area (Å²) in [5.74, 6) is 0.157. The minimum absolute atomic E-state index is 0.188. The molecule has 1 amide bonds. The van der Waals surface area contributed by atoms with Gasteiger partial charge in [-0.1, -0.05) is 18.2 Å². The number of amides is 1. The maximum atomic E-state index is 11.0. The number of anilines is 2. The molecule has 0 atom stereocenters. The molecule has 5 nitrogen and oxygen atoms in total. The van der Waals surface area contributed by atoms with Gasteiger partial charge in [-0.05, 0) is 31.5 Å². The molecule has 1 heterocycles. The highest BCUT2D eigenvalue weighted by Gasteiger charge is 2.07. The molecule has 0 saturated carbocycles. The fourth-order valence-electron chi connectivity index (χ4n) is 1.89. The number of hydrogen-bond donors (Lipinski definition) is 2. The van der Waals surface area contributed by atoms with Gasteiger partial charge in [0.2, 0.25) is 11.9 Å². The lowest BCUT2D eigenvalue weighted by Gasteiger charge is -2.10. The van der Waals surface area contributed by atoms with Crippen LogP contribution < -0.4 is 11.1 Å². The monoisotopic (exact) mass is 256 g/mol. The number of para-hydroxylation sites is 1. The van der Waals surface area contributed by atoms with Crippen LogP contribution in [0.2, 0.25) is 0 Å². The predicted octanol–water partition coefficient (Wildman–Crippen LogP) is 1.86. The number of benzene rings is 1. The third-order valence-corrected chi connectivity index (χ3v) is 2.61. The second-order valence-electron chi connectivity index (χ2n) is 4.40. The third kappa shape index (κ3) is 3.51. The summed E-state index contributed by atoms with van der Waals surface area (Å²) in [4.78, 5) is 19.7. The van der Waals surface area contributed by atoms with E-state index in [-0.39, 0.29) is 12.3 Å². The number of hydrogen-bond acceptors (Lipinski definition) is 4. The zero-order valence-corrected chi connectivity index (χ0v) is 11.0. The Balaban J connectivity index is 2.29. The Labute approximate surface area is 111 Å². The first-order valence-corrected chi connectivity index (χ1v) is 6.00. The van der Waals surface area contributed by atoms with Crippen LogP contribution in [0.5, 0.6) is 0 Å². The smallest absolute Gasteiger partial charge is 0.227 e. The van der Waals surface area contributed by atoms with E-state index < -0.39 is 0 Å². The van der Waals surface area contributed by atoms with E-state index in [9.17, 15) is 4.79 Å². The van der Waals surface area contributed by atoms with E-state index in [0.29, 0.717) is 5.95 Å². The van der Waals surface area contributed by atoms with Gasteiger partial charge in [0.15, 0.2) is 0 Å². The van der Waals surface area contributed by atoms with Crippen molar-refractivity contribution in [3.05, 3.63) is 47.3 Å². The zero-order valence-electron chi connectivity index (χ0n) is 11.0. The number of nitrogens with one attached hydrogen (secondary N) is 1. The first-order chi connectivity index (χ1) is 9.04. The summed E-state index contributed by atoms with van der Waals surface area (Å²) < 4.78 is 0. The van der Waals surface area contributed by atoms with E-state index >= 15 is 0 Å². The van der Waals surface area contributed by atoms with Crippen LogP contribution in [-0.4, -0.2) is 15.9 Å². The average Bonchev–Trinajstić information content (AvgIpc) is 2.29. The van der Waals surface area contributed by atoms with E-state index in [4.69, 9.17) is 5.73 Å². The second-order valence-corrected chi connectivity index (χ2v) is 4.40. The maximum absolute atomic E-state index is 11.0. The van der Waals surface area contributed by atoms with Crippen molar-refractivity contribution in [1.82, 2.24) is 9.97 Å². The van der Waals surface area contributed by atoms with Gasteiger partial charge in [0.25, 0.3) is 0 Å². The Hall–Kier alpha value is -2.43. The lowest BCUT2D eigenvalue weighted by atomic mass is 10.1. The van der Waals surface area contributed by atoms with Crippen molar-refractivity contribution in [3.63, 3.8) is 0 Å². The average molecular weight is 256 g/mol. The molecule has 5 heteroatoms. The van der Waals surface area contributed by atoms with Crippen LogP contribution in [0.4, 0.5) is 11.6 Å². The normalized spacial score (nSPS) is 10.2. The van der Waals surface area contributed by atoms with Gasteiger partial charge in [0.1, 0.15) is 0 Å². The topological polar surface area (TPSA) is 80.9 Å². The maximum Gasteiger partial charge on any atom is 0.227 e. The van der Waals surface area contributed by atoms with Crippen LogP contribution in [-0.2, 0) is 11.2 Å². The van der Waals surface area contributed by atoms with Gasteiger partial charge in [-0.3, -0.25) is 4.79 Å². The Kier molecular flexibility index (Phi) is 3.75. The molecule has 0 spiro atoms. The van der Waals surface area contributed by atoms with Crippen LogP contribution in [0.3, 0.4) is 0 Å². The van der Waals surface area contributed by atoms with Crippen LogP contribution in [0.1, 0.15) is 17.0 Å². The number of carbonyl (C=O) groups excluding carboxylic acids is 1. The van der Waals surface area contributed by atoms with Crippen molar-refractivity contribution in [3.8, 4) is 0 Å². The van der Waals surface area contributed by atoms with Crippen molar-refractivity contribution in [2.75, 3.05) is 5.32 Å². The fraction of sp³-hybridized carbons (Fsp3) is 0.214. The molecular formula is C14H16N4O. The first-order valence-electron chi connectivity index (χ1n) is 6.00. The number of aromatic nitrogens is 2. The minimum atomic E-state index is -0.365. The highest BCUT2D eigenvalue weighted by Crippen LogP contribution is 2.19. The summed E-state index contributed by atoms with van der Waals surface area (Å²) in [6, 6.07) is 9.39. The summed E-state index contributed by atoms with van der Waals surface area (Å²) >= 11 is 0. The van der Waals surface area contributed by atoms with E-state index in [1.54, 1.807) is 0 Å². The van der Waals surface area contributed by atoms with Gasteiger partial charge in [-0.25, -0.2) is 9.97 Å². The van der Waals surface area contributed by atoms with Crippen molar-refractivity contribution < 1.29 is 4.79 Å². The molecule has 98 valence electrons. The molecule has 0 aliphatic rings. The van der Waals surface area contributed by atoms with Crippen molar-refractivity contribution >= 4 is 17.5 Å². The summed E-state index contributed by atoms with van der Waals surface area (Å²) in [6.07, 6.45) is 0.188. The molecular weight excluding hydrogens is 240 g/mol. The minimum Gasteiger partial charge on any atom is -0.369 e. The lowest BCUT2D eigenvalue weighted by Crippen LogP contribution is -2.14. The molecule has 0 bridgehead atoms. The second kappa shape index (κ2) is 5.48. The molecule has 0 unspecified atom stereocenters. The van der Waals surface area contributed by atoms with Gasteiger partial charge in [-0.15, -0.1) is 0 Å². The number of carbonyl (C=O) groups is 1. The van der Waals surface area contributed by atoms with Crippen LogP contribution >= 0.6 is 0 Å². The predicted molar refractivity (Wildman–Crippen MR) is 74.1 cm³/mol. The zero-order chi connectivity index (χ0) is 13.8. The quantitative estimate of drug-likeness (QED) is 0.875. The summed E-state index contributed by atoms with van der Waals surface area (Å²) in [6.45, 7) is 3.82. The van der Waals surface area contributed by atoms with E-state index in [1.165, 1.54) is 0 Å². The fourth-order valence-corrected chi connectivity index (χ4v) is 1.89. The number of aryl methyl sites for hydroxylation is 2. The highest BCUT2D eigenvalue weighted by molar-refractivity contribution is 5.79. The highest BCUT2D eigenvalue weighted by atomic mass is 16.1. The van der Waals surface area contributed by atoms with Crippen molar-refractivity contribution in [2.24, 2.45) is 5.73 Å². The van der Waals surface area contributed by atoms with Crippen molar-refractivity contribution in [2.45, 2.75) is 20.3 Å². The number of nitrogens with zero attached hydrogens (tertiary/aromatic N) is 2. The number of rotatable bonds is 4. The molecule has 0 saturated heterocycles. The molecule has 1 aromatic heterocycles. The van der Waals surface area contributed by atoms with Gasteiger partial charge >= 0.3 is 0 Å². The van der Waals surface area contributed by atoms with Crippen molar-refractivity contribution in [1.29, 1.82) is 0 Å². The van der Waals surface area contributed by atoms with Gasteiger partial charge in [0, 0.05) is 17.1 Å². The molecule has 19 heavy (non-hydrogen) atoms. The molecule has 0 fully saturated rings. The number of primary amides is 1. The largest absolute Gasteiger partial charge is 0.369 e. The van der Waals surface area contributed by atoms with Gasteiger partial charge in [0.05, 0.1) is 6.42 Å². The summed E-state index contributed by atoms with van der Waals surface area (Å²) in [5.41, 5.74) is 8.65. The Morgan fingerprint density at radius 2 is 1.84 bits per heavy atom. The standard InChI is InChI=1S/C14H16N4O/c1-9-7-10(2)17-14(16-9)18-12-6-4-3-5-11(12)8-13(15)19/h3-7H,8H2,1-2H3,(H2,15,19)(H,16,17,18). The Morgan fingerprint density at radius 3 is 2.47 bits per heavy atom. The summed E-state index contributed by atoms with van der Waals surface area (Å²) in [7, 11) is 0. The van der Waals surface area contributed by atoms with E-state index in [2.05, 4.69) is 15.3 Å². The SMILES string of the molecule is Cc1cc(C)nc(Nc2ccccc2CC(N)=O)n1. The van der Waals surface area contributed by atoms with E-state index in [1.807, 2.05) is 44.2 Å².